The van der Waals surface area contributed by atoms with E-state index in [0.29, 0.717) is 6.42 Å². The van der Waals surface area contributed by atoms with Gasteiger partial charge in [-0.05, 0) is 20.9 Å². The standard InChI is InChI=1S/C10H18N4OS/c1-7-8(2)16-10(12-7)6-14(3)5-4-9(11)13-15/h15H,4-6H2,1-3H3,(H2,11,13). The molecule has 3 N–H and O–H groups in total. The van der Waals surface area contributed by atoms with Crippen molar-refractivity contribution in [1.29, 1.82) is 0 Å². The fraction of sp³-hybridized carbons (Fsp3) is 0.600. The van der Waals surface area contributed by atoms with E-state index in [0.717, 1.165) is 23.8 Å². The van der Waals surface area contributed by atoms with Gasteiger partial charge in [-0.1, -0.05) is 5.16 Å². The molecule has 0 fully saturated rings. The molecule has 0 saturated carbocycles. The van der Waals surface area contributed by atoms with Crippen molar-refractivity contribution in [3.8, 4) is 0 Å². The van der Waals surface area contributed by atoms with Gasteiger partial charge in [0.25, 0.3) is 0 Å². The van der Waals surface area contributed by atoms with Crippen LogP contribution < -0.4 is 5.73 Å². The Morgan fingerprint density at radius 2 is 2.25 bits per heavy atom. The summed E-state index contributed by atoms with van der Waals surface area (Å²) in [5, 5.41) is 12.5. The number of nitrogens with two attached hydrogens (primary N) is 1. The van der Waals surface area contributed by atoms with Crippen molar-refractivity contribution >= 4 is 17.2 Å². The first-order valence-electron chi connectivity index (χ1n) is 5.10. The van der Waals surface area contributed by atoms with Gasteiger partial charge in [-0.2, -0.15) is 0 Å². The Morgan fingerprint density at radius 3 is 2.75 bits per heavy atom. The Balaban J connectivity index is 2.42. The average molecular weight is 242 g/mol. The van der Waals surface area contributed by atoms with E-state index in [1.807, 2.05) is 14.0 Å². The highest BCUT2D eigenvalue weighted by molar-refractivity contribution is 7.11. The van der Waals surface area contributed by atoms with Crippen LogP contribution >= 0.6 is 11.3 Å². The Hall–Kier alpha value is -1.14. The predicted molar refractivity (Wildman–Crippen MR) is 65.9 cm³/mol. The SMILES string of the molecule is Cc1nc(CN(C)CCC(N)=NO)sc1C. The number of hydrogen-bond acceptors (Lipinski definition) is 5. The first-order valence-corrected chi connectivity index (χ1v) is 5.92. The summed E-state index contributed by atoms with van der Waals surface area (Å²) in [6.07, 6.45) is 0.566. The third-order valence-electron chi connectivity index (χ3n) is 2.36. The highest BCUT2D eigenvalue weighted by Gasteiger charge is 2.07. The molecular weight excluding hydrogens is 224 g/mol. The summed E-state index contributed by atoms with van der Waals surface area (Å²) in [6, 6.07) is 0. The number of oxime groups is 1. The average Bonchev–Trinajstić information content (AvgIpc) is 2.54. The van der Waals surface area contributed by atoms with Crippen molar-refractivity contribution in [2.24, 2.45) is 10.9 Å². The molecule has 1 heterocycles. The van der Waals surface area contributed by atoms with Crippen molar-refractivity contribution in [3.63, 3.8) is 0 Å². The minimum atomic E-state index is 0.262. The van der Waals surface area contributed by atoms with Crippen molar-refractivity contribution in [2.45, 2.75) is 26.8 Å². The van der Waals surface area contributed by atoms with E-state index in [1.165, 1.54) is 4.88 Å². The van der Waals surface area contributed by atoms with Gasteiger partial charge in [-0.25, -0.2) is 4.98 Å². The summed E-state index contributed by atoms with van der Waals surface area (Å²) in [5.41, 5.74) is 6.50. The van der Waals surface area contributed by atoms with Crippen LogP contribution in [0.1, 0.15) is 22.0 Å². The molecule has 0 radical (unpaired) electrons. The van der Waals surface area contributed by atoms with Gasteiger partial charge in [0, 0.05) is 17.8 Å². The molecule has 90 valence electrons. The van der Waals surface area contributed by atoms with Crippen LogP contribution in [0.15, 0.2) is 5.16 Å². The van der Waals surface area contributed by atoms with Gasteiger partial charge in [-0.15, -0.1) is 11.3 Å². The molecule has 0 aromatic carbocycles. The van der Waals surface area contributed by atoms with Gasteiger partial charge < -0.3 is 10.9 Å². The molecule has 0 spiro atoms. The van der Waals surface area contributed by atoms with Crippen molar-refractivity contribution in [1.82, 2.24) is 9.88 Å². The van der Waals surface area contributed by atoms with Crippen molar-refractivity contribution in [3.05, 3.63) is 15.6 Å². The van der Waals surface area contributed by atoms with Crippen LogP contribution in [0.3, 0.4) is 0 Å². The Bertz CT molecular complexity index is 355. The summed E-state index contributed by atoms with van der Waals surface area (Å²) >= 11 is 1.72. The number of thiazole rings is 1. The lowest BCUT2D eigenvalue weighted by Gasteiger charge is -2.13. The summed E-state index contributed by atoms with van der Waals surface area (Å²) in [7, 11) is 2.00. The number of aryl methyl sites for hydroxylation is 2. The fourth-order valence-electron chi connectivity index (χ4n) is 1.27. The summed E-state index contributed by atoms with van der Waals surface area (Å²) in [5.74, 6) is 0.262. The monoisotopic (exact) mass is 242 g/mol. The normalized spacial score (nSPS) is 12.4. The van der Waals surface area contributed by atoms with Gasteiger partial charge in [0.2, 0.25) is 0 Å². The summed E-state index contributed by atoms with van der Waals surface area (Å²) in [6.45, 7) is 5.66. The number of aromatic nitrogens is 1. The maximum absolute atomic E-state index is 8.41. The highest BCUT2D eigenvalue weighted by atomic mass is 32.1. The molecule has 0 aliphatic heterocycles. The molecule has 0 aliphatic rings. The maximum atomic E-state index is 8.41. The van der Waals surface area contributed by atoms with Gasteiger partial charge in [0.05, 0.1) is 12.2 Å². The quantitative estimate of drug-likeness (QED) is 0.353. The second kappa shape index (κ2) is 5.81. The lowest BCUT2D eigenvalue weighted by molar-refractivity contribution is 0.309. The lowest BCUT2D eigenvalue weighted by atomic mass is 10.3. The molecule has 0 aliphatic carbocycles. The van der Waals surface area contributed by atoms with E-state index < -0.39 is 0 Å². The van der Waals surface area contributed by atoms with E-state index in [-0.39, 0.29) is 5.84 Å². The maximum Gasteiger partial charge on any atom is 0.140 e. The van der Waals surface area contributed by atoms with Crippen LogP contribution in [0.25, 0.3) is 0 Å². The van der Waals surface area contributed by atoms with E-state index >= 15 is 0 Å². The Morgan fingerprint density at radius 1 is 1.56 bits per heavy atom. The highest BCUT2D eigenvalue weighted by Crippen LogP contribution is 2.17. The van der Waals surface area contributed by atoms with Gasteiger partial charge in [0.1, 0.15) is 10.8 Å². The third kappa shape index (κ3) is 3.79. The number of nitrogens with zero attached hydrogens (tertiary/aromatic N) is 3. The minimum Gasteiger partial charge on any atom is -0.409 e. The van der Waals surface area contributed by atoms with Gasteiger partial charge >= 0.3 is 0 Å². The lowest BCUT2D eigenvalue weighted by Crippen LogP contribution is -2.24. The fourth-order valence-corrected chi connectivity index (χ4v) is 2.29. The number of amidine groups is 1. The molecule has 1 rings (SSSR count). The van der Waals surface area contributed by atoms with E-state index in [9.17, 15) is 0 Å². The molecular formula is C10H18N4OS. The first kappa shape index (κ1) is 12.9. The van der Waals surface area contributed by atoms with Crippen LogP contribution in [0.5, 0.6) is 0 Å². The largest absolute Gasteiger partial charge is 0.409 e. The van der Waals surface area contributed by atoms with E-state index in [4.69, 9.17) is 10.9 Å². The molecule has 16 heavy (non-hydrogen) atoms. The van der Waals surface area contributed by atoms with Crippen LogP contribution in [-0.4, -0.2) is 34.5 Å². The smallest absolute Gasteiger partial charge is 0.140 e. The van der Waals surface area contributed by atoms with Gasteiger partial charge in [-0.3, -0.25) is 4.90 Å². The minimum absolute atomic E-state index is 0.262. The van der Waals surface area contributed by atoms with Crippen LogP contribution in [0.4, 0.5) is 0 Å². The molecule has 6 heteroatoms. The van der Waals surface area contributed by atoms with Crippen molar-refractivity contribution < 1.29 is 5.21 Å². The van der Waals surface area contributed by atoms with E-state index in [1.54, 1.807) is 11.3 Å². The second-order valence-electron chi connectivity index (χ2n) is 3.83. The third-order valence-corrected chi connectivity index (χ3v) is 3.41. The van der Waals surface area contributed by atoms with Crippen LogP contribution in [0.2, 0.25) is 0 Å². The molecule has 0 unspecified atom stereocenters. The zero-order valence-corrected chi connectivity index (χ0v) is 10.7. The van der Waals surface area contributed by atoms with E-state index in [2.05, 4.69) is 22.0 Å². The molecule has 0 amide bonds. The zero-order valence-electron chi connectivity index (χ0n) is 9.90. The summed E-state index contributed by atoms with van der Waals surface area (Å²) in [4.78, 5) is 7.83. The van der Waals surface area contributed by atoms with Crippen LogP contribution in [0, 0.1) is 13.8 Å². The number of rotatable bonds is 5. The first-order chi connectivity index (χ1) is 7.52. The molecule has 5 nitrogen and oxygen atoms in total. The second-order valence-corrected chi connectivity index (χ2v) is 5.12. The molecule has 0 saturated heterocycles. The molecule has 1 aromatic rings. The van der Waals surface area contributed by atoms with Gasteiger partial charge in [0.15, 0.2) is 0 Å². The topological polar surface area (TPSA) is 74.7 Å². The zero-order chi connectivity index (χ0) is 12.1. The molecule has 1 aromatic heterocycles. The predicted octanol–water partition coefficient (Wildman–Crippen LogP) is 1.33. The Labute approximate surface area is 99.6 Å². The summed E-state index contributed by atoms with van der Waals surface area (Å²) < 4.78 is 0. The molecule has 0 bridgehead atoms. The Kier molecular flexibility index (Phi) is 4.70. The van der Waals surface area contributed by atoms with Crippen molar-refractivity contribution in [2.75, 3.05) is 13.6 Å². The van der Waals surface area contributed by atoms with Crippen LogP contribution in [-0.2, 0) is 6.54 Å². The number of hydrogen-bond donors (Lipinski definition) is 2. The molecule has 0 atom stereocenters.